The van der Waals surface area contributed by atoms with Crippen LogP contribution in [0.4, 0.5) is 8.78 Å². The van der Waals surface area contributed by atoms with Gasteiger partial charge >= 0.3 is 5.97 Å². The van der Waals surface area contributed by atoms with Gasteiger partial charge in [-0.25, -0.2) is 9.07 Å². The zero-order valence-electron chi connectivity index (χ0n) is 46.4. The molecule has 5 rings (SSSR count). The molecule has 1 aromatic heterocycles. The van der Waals surface area contributed by atoms with Crippen LogP contribution in [0.1, 0.15) is 118 Å². The van der Waals surface area contributed by atoms with E-state index in [9.17, 15) is 43.7 Å². The molecule has 0 bridgehead atoms. The molecule has 3 aliphatic heterocycles. The highest BCUT2D eigenvalue weighted by Gasteiger charge is 2.51. The van der Waals surface area contributed by atoms with Crippen molar-refractivity contribution in [3.05, 3.63) is 41.7 Å². The molecular weight excluding hydrogens is 1000 g/mol. The lowest BCUT2D eigenvalue weighted by atomic mass is 9.83. The van der Waals surface area contributed by atoms with Crippen LogP contribution in [0.25, 0.3) is 0 Å². The molecule has 3 saturated heterocycles. The average Bonchev–Trinajstić information content (AvgIpc) is 3.86. The van der Waals surface area contributed by atoms with Crippen molar-refractivity contribution in [3.63, 3.8) is 0 Å². The summed E-state index contributed by atoms with van der Waals surface area (Å²) in [5.74, 6) is -2.65. The molecule has 0 amide bonds. The highest BCUT2D eigenvalue weighted by Crippen LogP contribution is 2.39. The molecule has 3 aliphatic rings. The normalized spacial score (nSPS) is 38.3. The molecule has 3 fully saturated rings. The number of carbonyl (C=O) groups excluding carboxylic acids is 1. The van der Waals surface area contributed by atoms with Crippen LogP contribution >= 0.6 is 0 Å². The maximum absolute atomic E-state index is 14.8. The average molecular weight is 1090 g/mol. The van der Waals surface area contributed by atoms with Crippen molar-refractivity contribution in [1.29, 1.82) is 0 Å². The van der Waals surface area contributed by atoms with E-state index in [1.54, 1.807) is 72.0 Å². The Hall–Kier alpha value is -2.52. The lowest BCUT2D eigenvalue weighted by Crippen LogP contribution is -2.59. The van der Waals surface area contributed by atoms with Crippen LogP contribution in [-0.2, 0) is 55.5 Å². The first-order chi connectivity index (χ1) is 35.3. The third kappa shape index (κ3) is 15.4. The third-order valence-electron chi connectivity index (χ3n) is 16.1. The minimum absolute atomic E-state index is 0.0779. The van der Waals surface area contributed by atoms with E-state index in [2.05, 4.69) is 10.3 Å². The summed E-state index contributed by atoms with van der Waals surface area (Å²) in [6.07, 6.45) is -9.22. The Morgan fingerprint density at radius 1 is 0.987 bits per heavy atom. The van der Waals surface area contributed by atoms with Crippen molar-refractivity contribution >= 4 is 17.1 Å². The molecule has 22 heteroatoms. The number of carbonyl (C=O) groups is 1. The molecule has 19 nitrogen and oxygen atoms in total. The molecule has 1 aromatic carbocycles. The topological polar surface area (TPSA) is 243 Å². The fourth-order valence-electron chi connectivity index (χ4n) is 11.1. The van der Waals surface area contributed by atoms with Gasteiger partial charge in [-0.3, -0.25) is 9.18 Å². The van der Waals surface area contributed by atoms with Crippen molar-refractivity contribution in [3.8, 4) is 0 Å². The number of likely N-dealkylation sites (N-methyl/N-ethyl adjacent to an activating group) is 2. The van der Waals surface area contributed by atoms with Crippen molar-refractivity contribution < 1.29 is 76.8 Å². The minimum atomic E-state index is -1.86. The number of alkyl halides is 2. The summed E-state index contributed by atoms with van der Waals surface area (Å²) >= 11 is -1.36. The van der Waals surface area contributed by atoms with Gasteiger partial charge in [0.25, 0.3) is 0 Å². The number of benzene rings is 1. The molecule has 430 valence electrons. The first-order valence-electron chi connectivity index (χ1n) is 26.6. The van der Waals surface area contributed by atoms with E-state index in [-0.39, 0.29) is 37.4 Å². The lowest BCUT2D eigenvalue weighted by Gasteiger charge is -2.47. The van der Waals surface area contributed by atoms with Gasteiger partial charge in [0.2, 0.25) is 0 Å². The molecule has 21 atom stereocenters. The molecule has 1 unspecified atom stereocenters. The van der Waals surface area contributed by atoms with E-state index >= 15 is 0 Å². The number of rotatable bonds is 19. The molecule has 0 radical (unpaired) electrons. The number of nitrogens with zero attached hydrogens (tertiary/aromatic N) is 5. The smallest absolute Gasteiger partial charge is 0.311 e. The van der Waals surface area contributed by atoms with Gasteiger partial charge in [0, 0.05) is 70.8 Å². The first kappa shape index (κ1) is 63.3. The molecule has 0 spiro atoms. The number of ether oxygens (including phenoxy) is 7. The van der Waals surface area contributed by atoms with Crippen molar-refractivity contribution in [1.82, 2.24) is 24.8 Å². The van der Waals surface area contributed by atoms with Gasteiger partial charge in [0.05, 0.1) is 54.4 Å². The second-order valence-electron chi connectivity index (χ2n) is 21.9. The fourth-order valence-corrected chi connectivity index (χ4v) is 12.2. The van der Waals surface area contributed by atoms with Gasteiger partial charge in [-0.05, 0) is 110 Å². The third-order valence-corrected chi connectivity index (χ3v) is 17.6. The number of aliphatic hydroxyl groups is 5. The van der Waals surface area contributed by atoms with Crippen LogP contribution in [0, 0.1) is 17.8 Å². The monoisotopic (exact) mass is 1090 g/mol. The Balaban J connectivity index is 1.40. The zero-order valence-corrected chi connectivity index (χ0v) is 47.2. The molecular formula is C53H89F2N5O14S. The highest BCUT2D eigenvalue weighted by molar-refractivity contribution is 7.91. The van der Waals surface area contributed by atoms with Crippen LogP contribution in [0.15, 0.2) is 35.4 Å². The number of hydrogen-bond acceptors (Lipinski definition) is 18. The van der Waals surface area contributed by atoms with Crippen LogP contribution < -0.4 is 0 Å². The van der Waals surface area contributed by atoms with Gasteiger partial charge in [-0.2, -0.15) is 0 Å². The summed E-state index contributed by atoms with van der Waals surface area (Å²) in [5.41, 5.74) is -1.73. The van der Waals surface area contributed by atoms with Gasteiger partial charge in [0.15, 0.2) is 17.5 Å². The van der Waals surface area contributed by atoms with Gasteiger partial charge in [-0.1, -0.05) is 38.1 Å². The van der Waals surface area contributed by atoms with Crippen LogP contribution in [0.2, 0.25) is 0 Å². The largest absolute Gasteiger partial charge is 0.611 e. The number of methoxy groups -OCH3 is 2. The number of hydrogen-bond donors (Lipinski definition) is 5. The summed E-state index contributed by atoms with van der Waals surface area (Å²) < 4.78 is 85.2. The minimum Gasteiger partial charge on any atom is -0.611 e. The van der Waals surface area contributed by atoms with Gasteiger partial charge < -0.3 is 73.0 Å². The molecule has 0 aliphatic carbocycles. The maximum atomic E-state index is 14.8. The predicted molar refractivity (Wildman–Crippen MR) is 275 cm³/mol. The standard InChI is InChI=1S/C53H89F2N5O14S/c1-14-42-53(9,66)48(63)34(6)59(11)28-30(2)24-41(61)46(32(4)45(33(5)50(65)72-42)73-43-26-52(8,69-13)49(64)35(7)71-43)74-51-44(62)39(25-31(3)70-51)58(10)22-20-37-29-60(57-56-37)40(27-55)47(68-12)36-16-18-38(19-17-36)75(67)23-15-21-54/h16-19,29-35,39-49,51,61-64,66H,14-15,20-28H2,1-13H3/t30-,31-,32+,33-,34-,35+,39+,40-,41-,42-,43+,44-,45+,46-,47-,48-,49+,51+,52-,53-,75?/m1/s1. The molecule has 4 heterocycles. The number of aromatic nitrogens is 3. The summed E-state index contributed by atoms with van der Waals surface area (Å²) in [7, 11) is 6.63. The number of cyclic esters (lactones) is 1. The highest BCUT2D eigenvalue weighted by atomic mass is 32.2. The fraction of sp³-hybridized carbons (Fsp3) is 0.830. The number of esters is 1. The van der Waals surface area contributed by atoms with E-state index in [1.807, 2.05) is 37.7 Å². The second-order valence-corrected chi connectivity index (χ2v) is 23.5. The Morgan fingerprint density at radius 2 is 1.67 bits per heavy atom. The van der Waals surface area contributed by atoms with Crippen LogP contribution in [-0.4, -0.2) is 212 Å². The van der Waals surface area contributed by atoms with Crippen molar-refractivity contribution in [2.24, 2.45) is 17.8 Å². The number of halogens is 2. The Kier molecular flexibility index (Phi) is 23.7. The predicted octanol–water partition coefficient (Wildman–Crippen LogP) is 4.08. The SMILES string of the molecule is CC[C@H]1OC(=O)[C@H](C)[C@@H](O[C@H]2C[C@@](C)(OC)[C@@H](O)[C@H](C)O2)[C@H](C)[C@@H](O[C@@H]2O[C@H](C)C[C@H](N(C)CCc3cn([C@H](CF)[C@H](OC)c4ccc([S+]([O-])CCCF)cc4)nn3)[C@H]2O)[C@H](O)C[C@@H](C)CN(C)[C@H](C)[C@@H](O)[C@]1(C)O. The summed E-state index contributed by atoms with van der Waals surface area (Å²) in [4.78, 5) is 18.8. The lowest BCUT2D eigenvalue weighted by molar-refractivity contribution is -0.311. The van der Waals surface area contributed by atoms with Crippen LogP contribution in [0.3, 0.4) is 0 Å². The summed E-state index contributed by atoms with van der Waals surface area (Å²) in [5, 5.41) is 67.8. The molecule has 2 aromatic rings. The van der Waals surface area contributed by atoms with Crippen molar-refractivity contribution in [2.45, 2.75) is 209 Å². The van der Waals surface area contributed by atoms with E-state index in [0.717, 1.165) is 0 Å². The quantitative estimate of drug-likeness (QED) is 0.0983. The Morgan fingerprint density at radius 3 is 2.28 bits per heavy atom. The van der Waals surface area contributed by atoms with Gasteiger partial charge in [0.1, 0.15) is 54.6 Å². The van der Waals surface area contributed by atoms with Crippen LogP contribution in [0.5, 0.6) is 0 Å². The number of aliphatic hydroxyl groups excluding tert-OH is 4. The molecule has 75 heavy (non-hydrogen) atoms. The first-order valence-corrected chi connectivity index (χ1v) is 27.9. The van der Waals surface area contributed by atoms with E-state index in [1.165, 1.54) is 25.8 Å². The van der Waals surface area contributed by atoms with Gasteiger partial charge in [-0.15, -0.1) is 5.10 Å². The maximum Gasteiger partial charge on any atom is 0.311 e. The van der Waals surface area contributed by atoms with E-state index < -0.39 is 145 Å². The summed E-state index contributed by atoms with van der Waals surface area (Å²) in [6.45, 7) is 15.1. The zero-order chi connectivity index (χ0) is 55.7. The second kappa shape index (κ2) is 28.1. The summed E-state index contributed by atoms with van der Waals surface area (Å²) in [6, 6.07) is 4.81. The Bertz CT molecular complexity index is 2040. The molecule has 5 N–H and O–H groups in total. The van der Waals surface area contributed by atoms with E-state index in [4.69, 9.17) is 33.2 Å². The molecule has 0 saturated carbocycles. The van der Waals surface area contributed by atoms with Crippen molar-refractivity contribution in [2.75, 3.05) is 60.5 Å². The van der Waals surface area contributed by atoms with E-state index in [0.29, 0.717) is 42.1 Å². The Labute approximate surface area is 446 Å².